The predicted molar refractivity (Wildman–Crippen MR) is 98.6 cm³/mol. The topological polar surface area (TPSA) is 43.8 Å². The average molecular weight is 313 g/mol. The fourth-order valence-corrected chi connectivity index (χ4v) is 3.05. The van der Waals surface area contributed by atoms with Gasteiger partial charge in [-0.25, -0.2) is 0 Å². The Morgan fingerprint density at radius 3 is 2.21 bits per heavy atom. The van der Waals surface area contributed by atoms with E-state index in [1.165, 1.54) is 10.9 Å². The van der Waals surface area contributed by atoms with Gasteiger partial charge in [0.25, 0.3) is 0 Å². The highest BCUT2D eigenvalue weighted by Gasteiger charge is 2.13. The summed E-state index contributed by atoms with van der Waals surface area (Å²) in [7, 11) is 0. The van der Waals surface area contributed by atoms with Crippen molar-refractivity contribution in [2.75, 3.05) is 0 Å². The SMILES string of the molecule is NCc1ccc(-c2c3ccccc3nn2Cc2ccccc2)cc1. The van der Waals surface area contributed by atoms with Crippen LogP contribution < -0.4 is 5.73 Å². The van der Waals surface area contributed by atoms with Gasteiger partial charge in [-0.3, -0.25) is 4.68 Å². The van der Waals surface area contributed by atoms with E-state index in [4.69, 9.17) is 10.8 Å². The van der Waals surface area contributed by atoms with Crippen molar-refractivity contribution in [2.24, 2.45) is 5.73 Å². The Morgan fingerprint density at radius 1 is 0.750 bits per heavy atom. The average Bonchev–Trinajstić information content (AvgIpc) is 3.00. The minimum atomic E-state index is 0.560. The van der Waals surface area contributed by atoms with Gasteiger partial charge in [-0.2, -0.15) is 5.10 Å². The van der Waals surface area contributed by atoms with Crippen molar-refractivity contribution in [1.82, 2.24) is 9.78 Å². The maximum absolute atomic E-state index is 5.72. The molecule has 0 fully saturated rings. The van der Waals surface area contributed by atoms with Crippen LogP contribution in [0.1, 0.15) is 11.1 Å². The van der Waals surface area contributed by atoms with Crippen LogP contribution in [0.4, 0.5) is 0 Å². The van der Waals surface area contributed by atoms with Gasteiger partial charge in [0.05, 0.1) is 17.8 Å². The monoisotopic (exact) mass is 313 g/mol. The lowest BCUT2D eigenvalue weighted by atomic mass is 10.1. The first-order chi connectivity index (χ1) is 11.8. The Balaban J connectivity index is 1.86. The van der Waals surface area contributed by atoms with Gasteiger partial charge in [0.15, 0.2) is 0 Å². The lowest BCUT2D eigenvalue weighted by Crippen LogP contribution is -2.04. The summed E-state index contributed by atoms with van der Waals surface area (Å²) in [5, 5.41) is 5.99. The zero-order valence-electron chi connectivity index (χ0n) is 13.4. The number of hydrogen-bond acceptors (Lipinski definition) is 2. The van der Waals surface area contributed by atoms with Gasteiger partial charge >= 0.3 is 0 Å². The number of aromatic nitrogens is 2. The van der Waals surface area contributed by atoms with Gasteiger partial charge in [-0.15, -0.1) is 0 Å². The highest BCUT2D eigenvalue weighted by atomic mass is 15.3. The van der Waals surface area contributed by atoms with E-state index in [2.05, 4.69) is 71.4 Å². The van der Waals surface area contributed by atoms with E-state index >= 15 is 0 Å². The predicted octanol–water partition coefficient (Wildman–Crippen LogP) is 4.21. The van der Waals surface area contributed by atoms with E-state index in [9.17, 15) is 0 Å². The second-order valence-electron chi connectivity index (χ2n) is 5.91. The summed E-state index contributed by atoms with van der Waals surface area (Å²) in [4.78, 5) is 0. The van der Waals surface area contributed by atoms with Crippen LogP contribution in [-0.4, -0.2) is 9.78 Å². The number of hydrogen-bond donors (Lipinski definition) is 1. The van der Waals surface area contributed by atoms with E-state index in [1.54, 1.807) is 0 Å². The Hall–Kier alpha value is -2.91. The molecular formula is C21H19N3. The van der Waals surface area contributed by atoms with E-state index < -0.39 is 0 Å². The largest absolute Gasteiger partial charge is 0.326 e. The van der Waals surface area contributed by atoms with Crippen LogP contribution in [0.15, 0.2) is 78.9 Å². The van der Waals surface area contributed by atoms with Crippen molar-refractivity contribution in [3.05, 3.63) is 90.0 Å². The Morgan fingerprint density at radius 2 is 1.46 bits per heavy atom. The number of rotatable bonds is 4. The summed E-state index contributed by atoms with van der Waals surface area (Å²) in [5.41, 5.74) is 11.4. The Bertz CT molecular complexity index is 953. The van der Waals surface area contributed by atoms with E-state index in [1.807, 2.05) is 12.1 Å². The molecule has 0 unspecified atom stereocenters. The van der Waals surface area contributed by atoms with Crippen LogP contribution in [0.3, 0.4) is 0 Å². The lowest BCUT2D eigenvalue weighted by molar-refractivity contribution is 0.703. The molecule has 3 nitrogen and oxygen atoms in total. The number of nitrogens with two attached hydrogens (primary N) is 1. The molecule has 0 saturated carbocycles. The molecule has 0 amide bonds. The smallest absolute Gasteiger partial charge is 0.0930 e. The molecule has 0 atom stereocenters. The molecular weight excluding hydrogens is 294 g/mol. The van der Waals surface area contributed by atoms with Crippen molar-refractivity contribution < 1.29 is 0 Å². The lowest BCUT2D eigenvalue weighted by Gasteiger charge is -2.09. The van der Waals surface area contributed by atoms with Crippen molar-refractivity contribution >= 4 is 10.9 Å². The molecule has 0 spiro atoms. The fourth-order valence-electron chi connectivity index (χ4n) is 3.05. The minimum Gasteiger partial charge on any atom is -0.326 e. The molecule has 4 rings (SSSR count). The molecule has 0 bridgehead atoms. The van der Waals surface area contributed by atoms with Crippen LogP contribution >= 0.6 is 0 Å². The molecule has 1 aromatic heterocycles. The summed E-state index contributed by atoms with van der Waals surface area (Å²) >= 11 is 0. The molecule has 0 saturated heterocycles. The summed E-state index contributed by atoms with van der Waals surface area (Å²) in [6.07, 6.45) is 0. The molecule has 1 heterocycles. The quantitative estimate of drug-likeness (QED) is 0.613. The van der Waals surface area contributed by atoms with E-state index in [0.717, 1.165) is 28.9 Å². The minimum absolute atomic E-state index is 0.560. The molecule has 0 aliphatic carbocycles. The first-order valence-corrected chi connectivity index (χ1v) is 8.14. The molecule has 3 aromatic carbocycles. The maximum Gasteiger partial charge on any atom is 0.0930 e. The molecule has 0 aliphatic rings. The van der Waals surface area contributed by atoms with Crippen molar-refractivity contribution in [2.45, 2.75) is 13.1 Å². The van der Waals surface area contributed by atoms with Gasteiger partial charge in [0.2, 0.25) is 0 Å². The molecule has 3 heteroatoms. The molecule has 0 radical (unpaired) electrons. The molecule has 4 aromatic rings. The van der Waals surface area contributed by atoms with Gasteiger partial charge in [-0.05, 0) is 17.2 Å². The van der Waals surface area contributed by atoms with Gasteiger partial charge in [0.1, 0.15) is 0 Å². The van der Waals surface area contributed by atoms with E-state index in [-0.39, 0.29) is 0 Å². The van der Waals surface area contributed by atoms with Crippen LogP contribution in [-0.2, 0) is 13.1 Å². The van der Waals surface area contributed by atoms with Gasteiger partial charge in [0, 0.05) is 17.5 Å². The zero-order chi connectivity index (χ0) is 16.4. The zero-order valence-corrected chi connectivity index (χ0v) is 13.4. The highest BCUT2D eigenvalue weighted by Crippen LogP contribution is 2.29. The normalized spacial score (nSPS) is 11.0. The molecule has 118 valence electrons. The molecule has 0 aliphatic heterocycles. The van der Waals surface area contributed by atoms with Gasteiger partial charge < -0.3 is 5.73 Å². The number of nitrogens with zero attached hydrogens (tertiary/aromatic N) is 2. The number of fused-ring (bicyclic) bond motifs is 1. The Kier molecular flexibility index (Phi) is 3.85. The van der Waals surface area contributed by atoms with Crippen molar-refractivity contribution in [3.8, 4) is 11.3 Å². The van der Waals surface area contributed by atoms with Crippen LogP contribution in [0.2, 0.25) is 0 Å². The van der Waals surface area contributed by atoms with Crippen LogP contribution in [0.5, 0.6) is 0 Å². The standard InChI is InChI=1S/C21H19N3/c22-14-16-10-12-18(13-11-16)21-19-8-4-5-9-20(19)23-24(21)15-17-6-2-1-3-7-17/h1-13H,14-15,22H2. The summed E-state index contributed by atoms with van der Waals surface area (Å²) in [6, 6.07) is 27.2. The summed E-state index contributed by atoms with van der Waals surface area (Å²) < 4.78 is 2.09. The third kappa shape index (κ3) is 2.70. The summed E-state index contributed by atoms with van der Waals surface area (Å²) in [5.74, 6) is 0. The second-order valence-corrected chi connectivity index (χ2v) is 5.91. The van der Waals surface area contributed by atoms with E-state index in [0.29, 0.717) is 6.54 Å². The third-order valence-electron chi connectivity index (χ3n) is 4.28. The van der Waals surface area contributed by atoms with Crippen molar-refractivity contribution in [1.29, 1.82) is 0 Å². The van der Waals surface area contributed by atoms with Crippen molar-refractivity contribution in [3.63, 3.8) is 0 Å². The first kappa shape index (κ1) is 14.7. The fraction of sp³-hybridized carbons (Fsp3) is 0.0952. The first-order valence-electron chi connectivity index (χ1n) is 8.14. The number of benzene rings is 3. The van der Waals surface area contributed by atoms with Crippen LogP contribution in [0, 0.1) is 0 Å². The third-order valence-corrected chi connectivity index (χ3v) is 4.28. The highest BCUT2D eigenvalue weighted by molar-refractivity contribution is 5.93. The second kappa shape index (κ2) is 6.30. The molecule has 24 heavy (non-hydrogen) atoms. The van der Waals surface area contributed by atoms with Crippen LogP contribution in [0.25, 0.3) is 22.2 Å². The Labute approximate surface area is 141 Å². The summed E-state index contributed by atoms with van der Waals surface area (Å²) in [6.45, 7) is 1.31. The van der Waals surface area contributed by atoms with Gasteiger partial charge in [-0.1, -0.05) is 72.8 Å². The molecule has 2 N–H and O–H groups in total. The maximum atomic E-state index is 5.72.